The minimum atomic E-state index is -3.35. The fraction of sp³-hybridized carbons (Fsp3) is 1.00. The first-order valence-electron chi connectivity index (χ1n) is 6.76. The van der Waals surface area contributed by atoms with E-state index in [0.717, 1.165) is 13.0 Å². The second kappa shape index (κ2) is 7.26. The zero-order chi connectivity index (χ0) is 14.5. The summed E-state index contributed by atoms with van der Waals surface area (Å²) in [5, 5.41) is 3.38. The molecule has 1 saturated carbocycles. The molecule has 0 aromatic heterocycles. The van der Waals surface area contributed by atoms with Gasteiger partial charge in [0.2, 0.25) is 0 Å². The van der Waals surface area contributed by atoms with E-state index in [1.54, 1.807) is 18.8 Å². The highest BCUT2D eigenvalue weighted by Gasteiger charge is 2.23. The summed E-state index contributed by atoms with van der Waals surface area (Å²) >= 11 is 1.66. The quantitative estimate of drug-likeness (QED) is 0.592. The number of nitrogens with zero attached hydrogens (tertiary/aromatic N) is 1. The molecule has 0 aliphatic heterocycles. The molecule has 1 aliphatic carbocycles. The molecule has 0 spiro atoms. The summed E-state index contributed by atoms with van der Waals surface area (Å²) in [6, 6.07) is 0.683. The third-order valence-corrected chi connectivity index (χ3v) is 6.07. The van der Waals surface area contributed by atoms with Gasteiger partial charge in [0.05, 0.1) is 0 Å². The van der Waals surface area contributed by atoms with Crippen LogP contribution in [0.4, 0.5) is 0 Å². The van der Waals surface area contributed by atoms with Crippen molar-refractivity contribution in [3.8, 4) is 0 Å². The predicted molar refractivity (Wildman–Crippen MR) is 82.8 cm³/mol. The molecule has 0 bridgehead atoms. The van der Waals surface area contributed by atoms with E-state index in [0.29, 0.717) is 19.1 Å². The Kier molecular flexibility index (Phi) is 6.59. The molecule has 114 valence electrons. The highest BCUT2D eigenvalue weighted by atomic mass is 32.2. The van der Waals surface area contributed by atoms with Crippen LogP contribution in [0, 0.1) is 0 Å². The number of rotatable bonds is 10. The topological polar surface area (TPSA) is 61.4 Å². The Labute approximate surface area is 122 Å². The van der Waals surface area contributed by atoms with E-state index in [2.05, 4.69) is 10.0 Å². The smallest absolute Gasteiger partial charge is 0.279 e. The lowest BCUT2D eigenvalue weighted by atomic mass is 10.2. The molecule has 2 N–H and O–H groups in total. The monoisotopic (exact) mass is 309 g/mol. The van der Waals surface area contributed by atoms with Crippen molar-refractivity contribution in [1.29, 1.82) is 0 Å². The summed E-state index contributed by atoms with van der Waals surface area (Å²) in [7, 11) is -1.72. The van der Waals surface area contributed by atoms with Crippen LogP contribution in [-0.2, 0) is 10.2 Å². The van der Waals surface area contributed by atoms with E-state index in [9.17, 15) is 8.42 Å². The van der Waals surface area contributed by atoms with Crippen LogP contribution in [0.3, 0.4) is 0 Å². The van der Waals surface area contributed by atoms with Gasteiger partial charge in [0.25, 0.3) is 10.2 Å². The fourth-order valence-corrected chi connectivity index (χ4v) is 2.90. The van der Waals surface area contributed by atoms with Gasteiger partial charge in [-0.05, 0) is 45.9 Å². The third-order valence-electron chi connectivity index (χ3n) is 3.30. The van der Waals surface area contributed by atoms with Gasteiger partial charge in [-0.1, -0.05) is 0 Å². The molecule has 0 unspecified atom stereocenters. The maximum Gasteiger partial charge on any atom is 0.279 e. The predicted octanol–water partition coefficient (Wildman–Crippen LogP) is 1.04. The van der Waals surface area contributed by atoms with E-state index in [4.69, 9.17) is 0 Å². The van der Waals surface area contributed by atoms with Crippen molar-refractivity contribution in [1.82, 2.24) is 14.3 Å². The molecule has 0 atom stereocenters. The van der Waals surface area contributed by atoms with E-state index in [-0.39, 0.29) is 4.75 Å². The van der Waals surface area contributed by atoms with Gasteiger partial charge < -0.3 is 5.32 Å². The lowest BCUT2D eigenvalue weighted by Crippen LogP contribution is -2.44. The van der Waals surface area contributed by atoms with Crippen molar-refractivity contribution < 1.29 is 8.42 Å². The first-order chi connectivity index (χ1) is 8.77. The van der Waals surface area contributed by atoms with Crippen LogP contribution in [0.2, 0.25) is 0 Å². The van der Waals surface area contributed by atoms with Crippen LogP contribution < -0.4 is 10.0 Å². The summed E-state index contributed by atoms with van der Waals surface area (Å²) in [6.45, 7) is 5.94. The van der Waals surface area contributed by atoms with Gasteiger partial charge in [-0.3, -0.25) is 0 Å². The molecule has 0 aromatic carbocycles. The Balaban J connectivity index is 2.25. The maximum absolute atomic E-state index is 12.0. The van der Waals surface area contributed by atoms with Crippen molar-refractivity contribution in [3.05, 3.63) is 0 Å². The molecule has 1 fully saturated rings. The lowest BCUT2D eigenvalue weighted by molar-refractivity contribution is 0.441. The average Bonchev–Trinajstić information content (AvgIpc) is 3.16. The SMILES string of the molecule is CSC(C)(C)CNS(=O)(=O)N(C)CCCNC1CC1. The molecular formula is C12H27N3O2S2. The minimum Gasteiger partial charge on any atom is -0.314 e. The van der Waals surface area contributed by atoms with Gasteiger partial charge in [-0.25, -0.2) is 4.72 Å². The standard InChI is InChI=1S/C12H27N3O2S2/c1-12(2,18-4)10-14-19(16,17)15(3)9-5-8-13-11-6-7-11/h11,13-14H,5-10H2,1-4H3. The second-order valence-corrected chi connectivity index (χ2v) is 9.07. The van der Waals surface area contributed by atoms with Crippen molar-refractivity contribution in [2.24, 2.45) is 0 Å². The number of hydrogen-bond donors (Lipinski definition) is 2. The first-order valence-corrected chi connectivity index (χ1v) is 9.43. The summed E-state index contributed by atoms with van der Waals surface area (Å²) in [5.41, 5.74) is 0. The summed E-state index contributed by atoms with van der Waals surface area (Å²) in [5.74, 6) is 0. The molecule has 0 aromatic rings. The Hall–Kier alpha value is 0.180. The minimum absolute atomic E-state index is 0.0819. The molecule has 5 nitrogen and oxygen atoms in total. The molecule has 1 rings (SSSR count). The van der Waals surface area contributed by atoms with Gasteiger partial charge >= 0.3 is 0 Å². The summed E-state index contributed by atoms with van der Waals surface area (Å²) in [4.78, 5) is 0. The van der Waals surface area contributed by atoms with Crippen molar-refractivity contribution in [3.63, 3.8) is 0 Å². The molecular weight excluding hydrogens is 282 g/mol. The number of thioether (sulfide) groups is 1. The van der Waals surface area contributed by atoms with Crippen LogP contribution in [0.25, 0.3) is 0 Å². The molecule has 0 radical (unpaired) electrons. The second-order valence-electron chi connectivity index (χ2n) is 5.69. The Bertz CT molecular complexity index is 367. The lowest BCUT2D eigenvalue weighted by Gasteiger charge is -2.24. The first kappa shape index (κ1) is 17.2. The number of nitrogens with one attached hydrogen (secondary N) is 2. The van der Waals surface area contributed by atoms with Gasteiger partial charge in [0.15, 0.2) is 0 Å². The van der Waals surface area contributed by atoms with Gasteiger partial charge in [-0.15, -0.1) is 0 Å². The van der Waals surface area contributed by atoms with Gasteiger partial charge in [-0.2, -0.15) is 24.5 Å². The Morgan fingerprint density at radius 3 is 2.53 bits per heavy atom. The van der Waals surface area contributed by atoms with Crippen molar-refractivity contribution >= 4 is 22.0 Å². The van der Waals surface area contributed by atoms with Gasteiger partial charge in [0, 0.05) is 30.9 Å². The highest BCUT2D eigenvalue weighted by Crippen LogP contribution is 2.20. The fourth-order valence-electron chi connectivity index (χ4n) is 1.46. The van der Waals surface area contributed by atoms with E-state index < -0.39 is 10.2 Å². The number of hydrogen-bond acceptors (Lipinski definition) is 4. The Morgan fingerprint density at radius 2 is 2.00 bits per heavy atom. The van der Waals surface area contributed by atoms with Crippen LogP contribution in [0.15, 0.2) is 0 Å². The average molecular weight is 310 g/mol. The van der Waals surface area contributed by atoms with Crippen molar-refractivity contribution in [2.75, 3.05) is 32.9 Å². The zero-order valence-electron chi connectivity index (χ0n) is 12.4. The molecule has 0 amide bonds. The van der Waals surface area contributed by atoms with Crippen LogP contribution >= 0.6 is 11.8 Å². The molecule has 7 heteroatoms. The highest BCUT2D eigenvalue weighted by molar-refractivity contribution is 8.00. The normalized spacial score (nSPS) is 17.1. The largest absolute Gasteiger partial charge is 0.314 e. The molecule has 19 heavy (non-hydrogen) atoms. The molecule has 0 saturated heterocycles. The van der Waals surface area contributed by atoms with E-state index in [1.807, 2.05) is 20.1 Å². The van der Waals surface area contributed by atoms with E-state index >= 15 is 0 Å². The zero-order valence-corrected chi connectivity index (χ0v) is 14.0. The maximum atomic E-state index is 12.0. The van der Waals surface area contributed by atoms with E-state index in [1.165, 1.54) is 17.1 Å². The third kappa shape index (κ3) is 6.94. The van der Waals surface area contributed by atoms with Crippen LogP contribution in [0.1, 0.15) is 33.1 Å². The van der Waals surface area contributed by atoms with Gasteiger partial charge in [0.1, 0.15) is 0 Å². The molecule has 0 heterocycles. The Morgan fingerprint density at radius 1 is 1.37 bits per heavy atom. The summed E-state index contributed by atoms with van der Waals surface area (Å²) < 4.78 is 28.0. The van der Waals surface area contributed by atoms with Crippen molar-refractivity contribution in [2.45, 2.75) is 43.9 Å². The summed E-state index contributed by atoms with van der Waals surface area (Å²) in [6.07, 6.45) is 5.36. The van der Waals surface area contributed by atoms with Crippen LogP contribution in [-0.4, -0.2) is 56.4 Å². The van der Waals surface area contributed by atoms with Crippen LogP contribution in [0.5, 0.6) is 0 Å². The molecule has 1 aliphatic rings.